The van der Waals surface area contributed by atoms with Crippen LogP contribution in [-0.4, -0.2) is 54.1 Å². The van der Waals surface area contributed by atoms with E-state index >= 15 is 0 Å². The minimum absolute atomic E-state index is 0.0886. The highest BCUT2D eigenvalue weighted by molar-refractivity contribution is 6.07. The molecule has 0 unspecified atom stereocenters. The maximum atomic E-state index is 11.9. The molecule has 4 amide bonds. The van der Waals surface area contributed by atoms with E-state index in [1.54, 1.807) is 13.8 Å². The predicted molar refractivity (Wildman–Crippen MR) is 66.3 cm³/mol. The number of ether oxygens (including phenoxy) is 1. The molecule has 0 aromatic carbocycles. The number of amides is 4. The molecule has 0 spiro atoms. The summed E-state index contributed by atoms with van der Waals surface area (Å²) in [5, 5.41) is 5.08. The SMILES string of the molecule is CC1(C)C(=O)NC(=O)N1CC(=O)NC1CCOCC1. The zero-order valence-electron chi connectivity index (χ0n) is 11.2. The number of hydrogen-bond acceptors (Lipinski definition) is 4. The summed E-state index contributed by atoms with van der Waals surface area (Å²) in [5.74, 6) is -0.624. The molecule has 0 aliphatic carbocycles. The van der Waals surface area contributed by atoms with Crippen molar-refractivity contribution in [2.24, 2.45) is 0 Å². The highest BCUT2D eigenvalue weighted by atomic mass is 16.5. The summed E-state index contributed by atoms with van der Waals surface area (Å²) in [4.78, 5) is 36.4. The number of rotatable bonds is 3. The summed E-state index contributed by atoms with van der Waals surface area (Å²) in [7, 11) is 0. The van der Waals surface area contributed by atoms with Crippen LogP contribution in [0.25, 0.3) is 0 Å². The van der Waals surface area contributed by atoms with Gasteiger partial charge in [0.1, 0.15) is 12.1 Å². The third-order valence-electron chi connectivity index (χ3n) is 3.58. The van der Waals surface area contributed by atoms with Crippen molar-refractivity contribution in [1.29, 1.82) is 0 Å². The van der Waals surface area contributed by atoms with Crippen molar-refractivity contribution in [3.05, 3.63) is 0 Å². The van der Waals surface area contributed by atoms with Crippen LogP contribution in [-0.2, 0) is 14.3 Å². The van der Waals surface area contributed by atoms with E-state index in [2.05, 4.69) is 10.6 Å². The van der Waals surface area contributed by atoms with Crippen molar-refractivity contribution in [3.8, 4) is 0 Å². The van der Waals surface area contributed by atoms with Crippen molar-refractivity contribution in [3.63, 3.8) is 0 Å². The van der Waals surface area contributed by atoms with Crippen molar-refractivity contribution in [2.45, 2.75) is 38.3 Å². The van der Waals surface area contributed by atoms with Gasteiger partial charge in [0.05, 0.1) is 0 Å². The van der Waals surface area contributed by atoms with Gasteiger partial charge >= 0.3 is 6.03 Å². The molecule has 2 rings (SSSR count). The lowest BCUT2D eigenvalue weighted by Crippen LogP contribution is -2.50. The molecule has 2 aliphatic rings. The Kier molecular flexibility index (Phi) is 3.75. The van der Waals surface area contributed by atoms with E-state index in [1.807, 2.05) is 0 Å². The zero-order valence-corrected chi connectivity index (χ0v) is 11.2. The first kappa shape index (κ1) is 13.8. The van der Waals surface area contributed by atoms with E-state index in [1.165, 1.54) is 4.90 Å². The Morgan fingerprint density at radius 2 is 2.05 bits per heavy atom. The Morgan fingerprint density at radius 1 is 1.42 bits per heavy atom. The van der Waals surface area contributed by atoms with Gasteiger partial charge < -0.3 is 15.0 Å². The second-order valence-corrected chi connectivity index (χ2v) is 5.36. The van der Waals surface area contributed by atoms with Crippen LogP contribution < -0.4 is 10.6 Å². The summed E-state index contributed by atoms with van der Waals surface area (Å²) >= 11 is 0. The fourth-order valence-electron chi connectivity index (χ4n) is 2.22. The second kappa shape index (κ2) is 5.16. The quantitative estimate of drug-likeness (QED) is 0.683. The largest absolute Gasteiger partial charge is 0.381 e. The summed E-state index contributed by atoms with van der Waals surface area (Å²) in [6, 6.07) is -0.428. The van der Waals surface area contributed by atoms with Gasteiger partial charge in [0, 0.05) is 19.3 Å². The Bertz CT molecular complexity index is 402. The fraction of sp³-hybridized carbons (Fsp3) is 0.750. The highest BCUT2D eigenvalue weighted by Crippen LogP contribution is 2.20. The zero-order chi connectivity index (χ0) is 14.0. The Labute approximate surface area is 111 Å². The van der Waals surface area contributed by atoms with Crippen LogP contribution in [0.4, 0.5) is 4.79 Å². The van der Waals surface area contributed by atoms with Crippen molar-refractivity contribution in [1.82, 2.24) is 15.5 Å². The number of nitrogens with zero attached hydrogens (tertiary/aromatic N) is 1. The number of carbonyl (C=O) groups excluding carboxylic acids is 3. The van der Waals surface area contributed by atoms with Gasteiger partial charge in [-0.3, -0.25) is 14.9 Å². The number of nitrogens with one attached hydrogen (secondary N) is 2. The standard InChI is InChI=1S/C12H19N3O4/c1-12(2)10(17)14-11(18)15(12)7-9(16)13-8-3-5-19-6-4-8/h8H,3-7H2,1-2H3,(H,13,16)(H,14,17,18). The lowest BCUT2D eigenvalue weighted by atomic mass is 10.0. The third-order valence-corrected chi connectivity index (χ3v) is 3.58. The van der Waals surface area contributed by atoms with Gasteiger partial charge in [-0.15, -0.1) is 0 Å². The number of urea groups is 1. The Balaban J connectivity index is 1.91. The van der Waals surface area contributed by atoms with Crippen molar-refractivity contribution in [2.75, 3.05) is 19.8 Å². The predicted octanol–water partition coefficient (Wildman–Crippen LogP) is -0.388. The van der Waals surface area contributed by atoms with Crippen LogP contribution in [0.15, 0.2) is 0 Å². The molecule has 7 heteroatoms. The van der Waals surface area contributed by atoms with Crippen LogP contribution in [0.2, 0.25) is 0 Å². The normalized spacial score (nSPS) is 23.4. The molecule has 0 radical (unpaired) electrons. The molecule has 2 N–H and O–H groups in total. The third kappa shape index (κ3) is 2.86. The maximum Gasteiger partial charge on any atom is 0.325 e. The van der Waals surface area contributed by atoms with Crippen LogP contribution in [0.1, 0.15) is 26.7 Å². The van der Waals surface area contributed by atoms with Crippen molar-refractivity contribution >= 4 is 17.8 Å². The summed E-state index contributed by atoms with van der Waals surface area (Å²) in [5.41, 5.74) is -0.982. The fourth-order valence-corrected chi connectivity index (χ4v) is 2.22. The molecular formula is C12H19N3O4. The Morgan fingerprint density at radius 3 is 2.58 bits per heavy atom. The molecule has 0 saturated carbocycles. The molecule has 2 heterocycles. The molecule has 2 saturated heterocycles. The molecule has 2 fully saturated rings. The van der Waals surface area contributed by atoms with Crippen molar-refractivity contribution < 1.29 is 19.1 Å². The highest BCUT2D eigenvalue weighted by Gasteiger charge is 2.46. The van der Waals surface area contributed by atoms with E-state index in [4.69, 9.17) is 4.74 Å². The van der Waals surface area contributed by atoms with Gasteiger partial charge in [-0.25, -0.2) is 4.79 Å². The summed E-state index contributed by atoms with van der Waals surface area (Å²) in [6.07, 6.45) is 1.56. The molecule has 7 nitrogen and oxygen atoms in total. The van der Waals surface area contributed by atoms with Crippen LogP contribution >= 0.6 is 0 Å². The van der Waals surface area contributed by atoms with Crippen LogP contribution in [0.5, 0.6) is 0 Å². The van der Waals surface area contributed by atoms with Gasteiger partial charge in [-0.1, -0.05) is 0 Å². The maximum absolute atomic E-state index is 11.9. The minimum Gasteiger partial charge on any atom is -0.381 e. The molecule has 19 heavy (non-hydrogen) atoms. The van der Waals surface area contributed by atoms with E-state index in [-0.39, 0.29) is 24.4 Å². The lowest BCUT2D eigenvalue weighted by molar-refractivity contribution is -0.127. The molecule has 2 aliphatic heterocycles. The number of hydrogen-bond donors (Lipinski definition) is 2. The van der Waals surface area contributed by atoms with E-state index in [9.17, 15) is 14.4 Å². The first-order chi connectivity index (χ1) is 8.91. The Hall–Kier alpha value is -1.63. The first-order valence-electron chi connectivity index (χ1n) is 6.41. The molecule has 0 aromatic heterocycles. The van der Waals surface area contributed by atoms with Gasteiger partial charge in [0.15, 0.2) is 0 Å². The molecule has 106 valence electrons. The van der Waals surface area contributed by atoms with Gasteiger partial charge in [0.2, 0.25) is 5.91 Å². The van der Waals surface area contributed by atoms with E-state index in [0.29, 0.717) is 13.2 Å². The first-order valence-corrected chi connectivity index (χ1v) is 6.41. The molecule has 0 atom stereocenters. The lowest BCUT2D eigenvalue weighted by Gasteiger charge is -2.29. The van der Waals surface area contributed by atoms with Gasteiger partial charge in [0.25, 0.3) is 5.91 Å². The van der Waals surface area contributed by atoms with E-state index in [0.717, 1.165) is 12.8 Å². The number of imide groups is 1. The van der Waals surface area contributed by atoms with Crippen LogP contribution in [0.3, 0.4) is 0 Å². The average molecular weight is 269 g/mol. The van der Waals surface area contributed by atoms with Crippen LogP contribution in [0, 0.1) is 0 Å². The number of carbonyl (C=O) groups is 3. The topological polar surface area (TPSA) is 87.7 Å². The monoisotopic (exact) mass is 269 g/mol. The average Bonchev–Trinajstić information content (AvgIpc) is 2.53. The summed E-state index contributed by atoms with van der Waals surface area (Å²) < 4.78 is 5.21. The smallest absolute Gasteiger partial charge is 0.325 e. The second-order valence-electron chi connectivity index (χ2n) is 5.36. The molecule has 0 bridgehead atoms. The molecular weight excluding hydrogens is 250 g/mol. The van der Waals surface area contributed by atoms with Gasteiger partial charge in [-0.05, 0) is 26.7 Å². The summed E-state index contributed by atoms with van der Waals surface area (Å²) in [6.45, 7) is 4.41. The minimum atomic E-state index is -0.982. The van der Waals surface area contributed by atoms with E-state index < -0.39 is 11.6 Å². The van der Waals surface area contributed by atoms with Gasteiger partial charge in [-0.2, -0.15) is 0 Å². The molecule has 0 aromatic rings.